The van der Waals surface area contributed by atoms with Crippen molar-refractivity contribution in [2.24, 2.45) is 88.3 Å². The van der Waals surface area contributed by atoms with Gasteiger partial charge in [0, 0.05) is 84.0 Å². The number of hydrogen-bond donors (Lipinski definition) is 0. The van der Waals surface area contributed by atoms with E-state index in [1.54, 1.807) is 66.9 Å². The van der Waals surface area contributed by atoms with Gasteiger partial charge in [-0.2, -0.15) is 5.26 Å². The van der Waals surface area contributed by atoms with Crippen LogP contribution in [0.3, 0.4) is 0 Å². The van der Waals surface area contributed by atoms with Gasteiger partial charge in [0.2, 0.25) is 6.10 Å². The zero-order valence-electron chi connectivity index (χ0n) is 83.0. The molecule has 15 rings (SSSR count). The van der Waals surface area contributed by atoms with E-state index in [4.69, 9.17) is 85.3 Å². The van der Waals surface area contributed by atoms with Crippen molar-refractivity contribution in [2.75, 3.05) is 70.8 Å². The minimum atomic E-state index is -1.01. The summed E-state index contributed by atoms with van der Waals surface area (Å²) < 4.78 is 110. The molecule has 2 aromatic carbocycles. The predicted molar refractivity (Wildman–Crippen MR) is 523 cm³/mol. The number of rotatable bonds is 24. The number of ether oxygens (including phenoxy) is 18. The van der Waals surface area contributed by atoms with Crippen molar-refractivity contribution >= 4 is 93.2 Å². The molecular formula is C105H151Br4N3O23. The highest BCUT2D eigenvalue weighted by molar-refractivity contribution is 9.40. The summed E-state index contributed by atoms with van der Waals surface area (Å²) >= 11 is 14.2. The second-order valence-corrected chi connectivity index (χ2v) is 49.1. The lowest BCUT2D eigenvalue weighted by atomic mass is 9.67. The number of fused-ring (bicyclic) bond motifs is 10. The molecule has 26 nitrogen and oxygen atoms in total. The number of cyclic esters (lactones) is 2. The molecule has 752 valence electrons. The molecule has 1 unspecified atom stereocenters. The van der Waals surface area contributed by atoms with Crippen LogP contribution < -0.4 is 4.74 Å². The Morgan fingerprint density at radius 1 is 0.533 bits per heavy atom. The number of ketones is 2. The number of Topliss-reactive ketones (excluding diaryl/α,β-unsaturated/α-hetero) is 2. The normalized spacial score (nSPS) is 40.2. The Morgan fingerprint density at radius 3 is 1.47 bits per heavy atom. The summed E-state index contributed by atoms with van der Waals surface area (Å²) in [5.41, 5.74) is 3.15. The molecule has 38 atom stereocenters. The van der Waals surface area contributed by atoms with Crippen LogP contribution in [0.1, 0.15) is 203 Å². The van der Waals surface area contributed by atoms with Crippen LogP contribution in [0.15, 0.2) is 102 Å². The van der Waals surface area contributed by atoms with E-state index in [2.05, 4.69) is 173 Å². The number of likely N-dealkylation sites (N-methyl/N-ethyl adjacent to an activating group) is 2. The van der Waals surface area contributed by atoms with E-state index in [1.807, 2.05) is 71.9 Å². The van der Waals surface area contributed by atoms with Crippen molar-refractivity contribution in [3.8, 4) is 17.6 Å². The predicted octanol–water partition coefficient (Wildman–Crippen LogP) is 18.8. The lowest BCUT2D eigenvalue weighted by molar-refractivity contribution is -0.314. The fraction of sp³-hybridized carbons (Fsp3) is 0.752. The maximum Gasteiger partial charge on any atom is 0.311 e. The molecule has 9 fully saturated rings. The molecule has 7 aliphatic carbocycles. The van der Waals surface area contributed by atoms with Gasteiger partial charge >= 0.3 is 17.9 Å². The van der Waals surface area contributed by atoms with E-state index in [0.29, 0.717) is 53.8 Å². The third-order valence-electron chi connectivity index (χ3n) is 32.2. The number of carbonyl (C=O) groups is 5. The molecule has 0 N–H and O–H groups in total. The molecule has 0 bridgehead atoms. The summed E-state index contributed by atoms with van der Waals surface area (Å²) in [4.78, 5) is 73.7. The van der Waals surface area contributed by atoms with Gasteiger partial charge in [-0.05, 0) is 260 Å². The first-order valence-electron chi connectivity index (χ1n) is 49.6. The third kappa shape index (κ3) is 25.0. The largest absolute Gasteiger partial charge is 0.462 e. The first-order chi connectivity index (χ1) is 64.4. The van der Waals surface area contributed by atoms with Crippen molar-refractivity contribution in [1.82, 2.24) is 9.80 Å². The first-order valence-corrected chi connectivity index (χ1v) is 52.8. The van der Waals surface area contributed by atoms with Crippen molar-refractivity contribution in [3.05, 3.63) is 107 Å². The highest BCUT2D eigenvalue weighted by Crippen LogP contribution is 2.67. The summed E-state index contributed by atoms with van der Waals surface area (Å²) in [6, 6.07) is 19.2. The monoisotopic (exact) mass is 2140 g/mol. The molecule has 30 heteroatoms. The number of allylic oxidation sites excluding steroid dienone is 8. The molecule has 3 saturated carbocycles. The molecule has 2 aromatic rings. The Balaban J connectivity index is 0.000000178. The second kappa shape index (κ2) is 47.9. The molecule has 13 aliphatic rings. The van der Waals surface area contributed by atoms with E-state index >= 15 is 0 Å². The molecule has 0 amide bonds. The molecule has 6 aliphatic heterocycles. The molecule has 135 heavy (non-hydrogen) atoms. The number of esters is 3. The van der Waals surface area contributed by atoms with Gasteiger partial charge < -0.3 is 95.1 Å². The van der Waals surface area contributed by atoms with E-state index in [1.165, 1.54) is 5.57 Å². The van der Waals surface area contributed by atoms with Crippen LogP contribution in [0.5, 0.6) is 11.5 Å². The van der Waals surface area contributed by atoms with E-state index in [0.717, 1.165) is 101 Å². The highest BCUT2D eigenvalue weighted by atomic mass is 80.0. The van der Waals surface area contributed by atoms with Crippen LogP contribution in [0, 0.1) is 99.6 Å². The Labute approximate surface area is 835 Å². The summed E-state index contributed by atoms with van der Waals surface area (Å²) in [6.07, 6.45) is 18.4. The van der Waals surface area contributed by atoms with Gasteiger partial charge in [-0.1, -0.05) is 172 Å². The van der Waals surface area contributed by atoms with Crippen LogP contribution in [0.25, 0.3) is 0 Å². The number of para-hydroxylation sites is 1. The summed E-state index contributed by atoms with van der Waals surface area (Å²) in [5.74, 6) is 0.606. The fourth-order valence-electron chi connectivity index (χ4n) is 24.8. The third-order valence-corrected chi connectivity index (χ3v) is 36.8. The van der Waals surface area contributed by atoms with Crippen LogP contribution in [0.4, 0.5) is 0 Å². The number of hydrogen-bond acceptors (Lipinski definition) is 26. The van der Waals surface area contributed by atoms with E-state index in [9.17, 15) is 29.2 Å². The average molecular weight is 2140 g/mol. The molecular weight excluding hydrogens is 1990 g/mol. The molecule has 0 aromatic heterocycles. The maximum absolute atomic E-state index is 14.7. The van der Waals surface area contributed by atoms with Gasteiger partial charge in [-0.25, -0.2) is 0 Å². The number of nitrogens with zero attached hydrogens (tertiary/aromatic N) is 3. The van der Waals surface area contributed by atoms with Crippen LogP contribution >= 0.6 is 63.7 Å². The SMILES string of the molecule is CC1(C)[C@H](C(=O)O[C@H](C#N)c2cccc(Oc3ccccc3)c2)[C@@H]1C(Br)C(Br)(Br)Br.CC[C@H]1CCC[C@H](O[C@H]2CC[C@H](N(C)C)[C@@H](C)O2)[C@@H](C)C(=O)C2=C[C@@H]3[C@@H](C=C(C)[C@@H]4C[C@@H](O[C@@H]5O[C@@H](C)[C@H](OC)[C@@H](OC)[C@H]5OC)C[C@@H]34)[C@@H]2CC(=O)O1.CC[C@H]1CCC[C@H](O[C@H]2CC[C@H](N(C)C)[C@@H](C)O2)[C@@H](C)C(=O)C2=C[C@@H]3[C@@H](C=C[C@@H]4C[C@@H](O[C@@H]5O[C@@H](C)[C@H](OC)[C@@H](OC)[C@H]5OC)C[C@@H]34)[C@@H]2CC(=O)O1. The minimum absolute atomic E-state index is 0.0233. The van der Waals surface area contributed by atoms with Gasteiger partial charge in [0.05, 0.1) is 72.4 Å². The number of nitriles is 1. The van der Waals surface area contributed by atoms with Crippen LogP contribution in [-0.2, 0) is 104 Å². The molecule has 6 saturated heterocycles. The summed E-state index contributed by atoms with van der Waals surface area (Å²) in [5, 5.41) is 9.65. The second-order valence-electron chi connectivity index (χ2n) is 41.2. The van der Waals surface area contributed by atoms with E-state index < -0.39 is 33.0 Å². The van der Waals surface area contributed by atoms with Gasteiger partial charge in [0.25, 0.3) is 0 Å². The lowest BCUT2D eigenvalue weighted by Gasteiger charge is -2.44. The number of benzene rings is 2. The first kappa shape index (κ1) is 108. The van der Waals surface area contributed by atoms with E-state index in [-0.39, 0.29) is 222 Å². The quantitative estimate of drug-likeness (QED) is 0.0408. The van der Waals surface area contributed by atoms with Gasteiger partial charge in [-0.3, -0.25) is 24.0 Å². The Hall–Kier alpha value is -4.28. The minimum Gasteiger partial charge on any atom is -0.462 e. The van der Waals surface area contributed by atoms with Gasteiger partial charge in [0.1, 0.15) is 68.5 Å². The van der Waals surface area contributed by atoms with Crippen molar-refractivity contribution < 1.29 is 109 Å². The smallest absolute Gasteiger partial charge is 0.311 e. The standard InChI is InChI=1S/C42H67NO10.C41H65NO10.C22H19Br4NO3/c1-11-26-13-12-14-35(53-37-16-15-34(43(6)7)24(4)49-37)23(3)38(45)33-20-31-29(32(33)21-36(44)51-26)17-22(2)28-18-27(19-30(28)31)52-42-41(48-10)40(47-9)39(46-8)25(5)50-42;1-10-26-12-11-13-34(52-36-17-16-33(42(5)6)23(3)48-36)22(2)37(44)32-20-30-28(31(32)21-35(43)50-26)15-14-25-18-27(19-29(25)30)51-41-40(47-9)39(46-8)38(45-7)24(4)49-41;1-21(2)17(19(23)22(24,25)26)18(21)20(28)30-16(12-27)13-7-6-10-15(11-13)29-14-8-4-3-5-9-14/h17,20,23-32,34-35,37,39-42H,11-16,18-19,21H2,1-10H3;14-15,20,22-31,33-34,36,38-41H,10-13,16-19,21H2,1-9H3;3-11,16-19H,1-2H3/t23-,24-,25+,26+,27-,28+,29-,30-,31-,32+,34+,35+,37+,39+,40-,41-,42+;22-,23-,24+,25-,26+,27-,28-,29-,30-,31+,33+,34+,36+,38+,39-,40-,41+;16-,17-,18+,19?/m111/s1. The molecule has 0 radical (unpaired) electrons. The Kier molecular flexibility index (Phi) is 38.4. The topological polar surface area (TPSA) is 282 Å². The fourth-order valence-corrected chi connectivity index (χ4v) is 26.6. The van der Waals surface area contributed by atoms with Crippen molar-refractivity contribution in [1.29, 1.82) is 5.26 Å². The molecule has 0 spiro atoms. The number of halogens is 4. The summed E-state index contributed by atoms with van der Waals surface area (Å²) in [7, 11) is 18.3. The molecule has 6 heterocycles. The Morgan fingerprint density at radius 2 is 1.01 bits per heavy atom. The van der Waals surface area contributed by atoms with Gasteiger partial charge in [-0.15, -0.1) is 0 Å². The number of methoxy groups -OCH3 is 6. The summed E-state index contributed by atoms with van der Waals surface area (Å²) in [6.45, 7) is 22.6. The van der Waals surface area contributed by atoms with Crippen LogP contribution in [0.2, 0.25) is 0 Å². The zero-order valence-corrected chi connectivity index (χ0v) is 89.3. The number of carbonyl (C=O) groups excluding carboxylic acids is 5. The van der Waals surface area contributed by atoms with Crippen molar-refractivity contribution in [3.63, 3.8) is 0 Å². The Bertz CT molecular complexity index is 4450. The maximum atomic E-state index is 14.7. The van der Waals surface area contributed by atoms with Crippen LogP contribution in [-0.4, -0.2) is 252 Å². The highest BCUT2D eigenvalue weighted by Gasteiger charge is 2.68. The number of alkyl halides is 4. The average Bonchev–Trinajstić information content (AvgIpc) is 1.55. The zero-order chi connectivity index (χ0) is 97.5. The lowest BCUT2D eigenvalue weighted by Crippen LogP contribution is -2.59. The van der Waals surface area contributed by atoms with Crippen molar-refractivity contribution in [2.45, 2.75) is 340 Å². The van der Waals surface area contributed by atoms with Gasteiger partial charge in [0.15, 0.2) is 36.7 Å².